The Morgan fingerprint density at radius 3 is 2.61 bits per heavy atom. The predicted molar refractivity (Wildman–Crippen MR) is 79.9 cm³/mol. The van der Waals surface area contributed by atoms with E-state index in [1.54, 1.807) is 0 Å². The minimum atomic E-state index is 0.571. The molecule has 1 heterocycles. The molecule has 0 aliphatic rings. The maximum absolute atomic E-state index is 4.19. The van der Waals surface area contributed by atoms with E-state index in [1.165, 1.54) is 5.56 Å². The second kappa shape index (κ2) is 6.55. The van der Waals surface area contributed by atoms with Crippen molar-refractivity contribution < 1.29 is 0 Å². The molecule has 1 aromatic heterocycles. The quantitative estimate of drug-likeness (QED) is 0.826. The van der Waals surface area contributed by atoms with E-state index in [4.69, 9.17) is 0 Å². The summed E-state index contributed by atoms with van der Waals surface area (Å²) in [6.07, 6.45) is 2.96. The normalized spacial score (nSPS) is 12.1. The van der Waals surface area contributed by atoms with Crippen LogP contribution in [0.15, 0.2) is 53.3 Å². The van der Waals surface area contributed by atoms with Crippen LogP contribution in [0, 0.1) is 0 Å². The molecular formula is C15H17BrN2. The minimum absolute atomic E-state index is 0.571. The second-order valence-electron chi connectivity index (χ2n) is 4.40. The van der Waals surface area contributed by atoms with Crippen LogP contribution in [0.5, 0.6) is 0 Å². The Labute approximate surface area is 117 Å². The largest absolute Gasteiger partial charge is 0.384 e. The summed E-state index contributed by atoms with van der Waals surface area (Å²) >= 11 is 3.33. The number of rotatable bonds is 5. The van der Waals surface area contributed by atoms with Crippen molar-refractivity contribution in [3.8, 4) is 0 Å². The maximum atomic E-state index is 4.19. The molecule has 94 valence electrons. The Bertz CT molecular complexity index is 468. The van der Waals surface area contributed by atoms with Crippen LogP contribution in [0.25, 0.3) is 0 Å². The highest BCUT2D eigenvalue weighted by atomic mass is 79.9. The molecule has 0 radical (unpaired) electrons. The lowest BCUT2D eigenvalue weighted by Gasteiger charge is -2.12. The van der Waals surface area contributed by atoms with E-state index in [0.29, 0.717) is 5.92 Å². The van der Waals surface area contributed by atoms with Gasteiger partial charge in [0.05, 0.1) is 11.9 Å². The lowest BCUT2D eigenvalue weighted by molar-refractivity contribution is 0.706. The fraction of sp³-hybridized carbons (Fsp3) is 0.267. The van der Waals surface area contributed by atoms with Crippen molar-refractivity contribution in [3.63, 3.8) is 0 Å². The summed E-state index contributed by atoms with van der Waals surface area (Å²) in [5.74, 6) is 0.571. The van der Waals surface area contributed by atoms with Gasteiger partial charge in [0.2, 0.25) is 0 Å². The Hall–Kier alpha value is -1.35. The van der Waals surface area contributed by atoms with Gasteiger partial charge in [-0.2, -0.15) is 0 Å². The SMILES string of the molecule is CC(CCNc1ccc(Br)nc1)c1ccccc1. The zero-order valence-corrected chi connectivity index (χ0v) is 12.0. The standard InChI is InChI=1S/C15H17BrN2/c1-12(13-5-3-2-4-6-13)9-10-17-14-7-8-15(16)18-11-14/h2-8,11-12,17H,9-10H2,1H3. The van der Waals surface area contributed by atoms with E-state index in [9.17, 15) is 0 Å². The molecule has 0 saturated heterocycles. The molecule has 0 bridgehead atoms. The fourth-order valence-corrected chi connectivity index (χ4v) is 2.10. The highest BCUT2D eigenvalue weighted by Gasteiger charge is 2.04. The first-order valence-corrected chi connectivity index (χ1v) is 6.95. The molecule has 0 spiro atoms. The molecule has 1 atom stereocenters. The lowest BCUT2D eigenvalue weighted by atomic mass is 9.98. The molecule has 2 nitrogen and oxygen atoms in total. The maximum Gasteiger partial charge on any atom is 0.106 e. The van der Waals surface area contributed by atoms with Crippen molar-refractivity contribution in [2.75, 3.05) is 11.9 Å². The van der Waals surface area contributed by atoms with Gasteiger partial charge >= 0.3 is 0 Å². The molecule has 2 aromatic rings. The average Bonchev–Trinajstić information content (AvgIpc) is 2.42. The van der Waals surface area contributed by atoms with Gasteiger partial charge in [-0.05, 0) is 46.0 Å². The van der Waals surface area contributed by atoms with E-state index < -0.39 is 0 Å². The number of nitrogens with zero attached hydrogens (tertiary/aromatic N) is 1. The van der Waals surface area contributed by atoms with Crippen LogP contribution in [0.4, 0.5) is 5.69 Å². The average molecular weight is 305 g/mol. The first-order chi connectivity index (χ1) is 8.75. The summed E-state index contributed by atoms with van der Waals surface area (Å²) in [5.41, 5.74) is 2.46. The van der Waals surface area contributed by atoms with E-state index >= 15 is 0 Å². The van der Waals surface area contributed by atoms with Crippen LogP contribution in [0.1, 0.15) is 24.8 Å². The summed E-state index contributed by atoms with van der Waals surface area (Å²) in [6.45, 7) is 3.22. The van der Waals surface area contributed by atoms with Crippen LogP contribution in [-0.4, -0.2) is 11.5 Å². The van der Waals surface area contributed by atoms with Gasteiger partial charge in [-0.15, -0.1) is 0 Å². The Morgan fingerprint density at radius 1 is 1.17 bits per heavy atom. The van der Waals surface area contributed by atoms with Gasteiger partial charge in [0, 0.05) is 6.54 Å². The van der Waals surface area contributed by atoms with Crippen LogP contribution in [-0.2, 0) is 0 Å². The van der Waals surface area contributed by atoms with Crippen molar-refractivity contribution in [2.45, 2.75) is 19.3 Å². The first-order valence-electron chi connectivity index (χ1n) is 6.16. The minimum Gasteiger partial charge on any atom is -0.384 e. The molecule has 3 heteroatoms. The third-order valence-corrected chi connectivity index (χ3v) is 3.47. The predicted octanol–water partition coefficient (Wildman–Crippen LogP) is 4.45. The molecule has 0 aliphatic heterocycles. The van der Waals surface area contributed by atoms with Gasteiger partial charge in [0.15, 0.2) is 0 Å². The molecule has 1 aromatic carbocycles. The molecule has 0 saturated carbocycles. The molecule has 0 aliphatic carbocycles. The fourth-order valence-electron chi connectivity index (χ4n) is 1.86. The van der Waals surface area contributed by atoms with Crippen molar-refractivity contribution in [3.05, 3.63) is 58.8 Å². The molecule has 2 rings (SSSR count). The molecule has 0 amide bonds. The zero-order valence-electron chi connectivity index (χ0n) is 10.4. The van der Waals surface area contributed by atoms with Crippen LogP contribution in [0.3, 0.4) is 0 Å². The van der Waals surface area contributed by atoms with E-state index in [2.05, 4.69) is 63.5 Å². The van der Waals surface area contributed by atoms with E-state index in [-0.39, 0.29) is 0 Å². The van der Waals surface area contributed by atoms with Gasteiger partial charge in [0.1, 0.15) is 4.60 Å². The van der Waals surface area contributed by atoms with E-state index in [0.717, 1.165) is 23.3 Å². The molecule has 18 heavy (non-hydrogen) atoms. The molecule has 1 unspecified atom stereocenters. The topological polar surface area (TPSA) is 24.9 Å². The van der Waals surface area contributed by atoms with Crippen LogP contribution < -0.4 is 5.32 Å². The van der Waals surface area contributed by atoms with Gasteiger partial charge in [-0.3, -0.25) is 0 Å². The van der Waals surface area contributed by atoms with Crippen LogP contribution >= 0.6 is 15.9 Å². The third-order valence-electron chi connectivity index (χ3n) is 3.00. The number of benzene rings is 1. The second-order valence-corrected chi connectivity index (χ2v) is 5.21. The van der Waals surface area contributed by atoms with E-state index in [1.807, 2.05) is 18.3 Å². The lowest BCUT2D eigenvalue weighted by Crippen LogP contribution is -2.06. The molecule has 0 fully saturated rings. The third kappa shape index (κ3) is 3.84. The van der Waals surface area contributed by atoms with Crippen LogP contribution in [0.2, 0.25) is 0 Å². The van der Waals surface area contributed by atoms with Crippen molar-refractivity contribution in [1.82, 2.24) is 4.98 Å². The van der Waals surface area contributed by atoms with Gasteiger partial charge in [-0.1, -0.05) is 37.3 Å². The number of aromatic nitrogens is 1. The Kier molecular flexibility index (Phi) is 4.76. The first kappa shape index (κ1) is 13.1. The molecule has 1 N–H and O–H groups in total. The Morgan fingerprint density at radius 2 is 1.94 bits per heavy atom. The Balaban J connectivity index is 1.80. The highest BCUT2D eigenvalue weighted by molar-refractivity contribution is 9.10. The summed E-state index contributed by atoms with van der Waals surface area (Å²) < 4.78 is 0.866. The summed E-state index contributed by atoms with van der Waals surface area (Å²) in [6, 6.07) is 14.6. The van der Waals surface area contributed by atoms with Gasteiger partial charge in [0.25, 0.3) is 0 Å². The van der Waals surface area contributed by atoms with Crippen molar-refractivity contribution in [1.29, 1.82) is 0 Å². The highest BCUT2D eigenvalue weighted by Crippen LogP contribution is 2.18. The molecular weight excluding hydrogens is 288 g/mol. The number of anilines is 1. The van der Waals surface area contributed by atoms with Crippen molar-refractivity contribution in [2.24, 2.45) is 0 Å². The zero-order chi connectivity index (χ0) is 12.8. The summed E-state index contributed by atoms with van der Waals surface area (Å²) in [4.78, 5) is 4.19. The number of hydrogen-bond acceptors (Lipinski definition) is 2. The number of halogens is 1. The van der Waals surface area contributed by atoms with Gasteiger partial charge in [-0.25, -0.2) is 4.98 Å². The van der Waals surface area contributed by atoms with Gasteiger partial charge < -0.3 is 5.32 Å². The summed E-state index contributed by atoms with van der Waals surface area (Å²) in [5, 5.41) is 3.39. The number of pyridine rings is 1. The number of nitrogens with one attached hydrogen (secondary N) is 1. The smallest absolute Gasteiger partial charge is 0.106 e. The monoisotopic (exact) mass is 304 g/mol. The summed E-state index contributed by atoms with van der Waals surface area (Å²) in [7, 11) is 0. The van der Waals surface area contributed by atoms with Crippen molar-refractivity contribution >= 4 is 21.6 Å². The number of hydrogen-bond donors (Lipinski definition) is 1.